The third-order valence-electron chi connectivity index (χ3n) is 3.45. The van der Waals surface area contributed by atoms with Crippen LogP contribution in [-0.4, -0.2) is 14.2 Å². The molecule has 110 valence electrons. The summed E-state index contributed by atoms with van der Waals surface area (Å²) < 4.78 is 10.3. The van der Waals surface area contributed by atoms with Crippen molar-refractivity contribution in [2.75, 3.05) is 14.2 Å². The van der Waals surface area contributed by atoms with Gasteiger partial charge in [0.2, 0.25) is 0 Å². The monoisotopic (exact) mass is 282 g/mol. The quantitative estimate of drug-likeness (QED) is 0.771. The molecule has 2 heteroatoms. The van der Waals surface area contributed by atoms with Crippen molar-refractivity contribution in [2.24, 2.45) is 5.92 Å². The molecule has 1 unspecified atom stereocenters. The van der Waals surface area contributed by atoms with Gasteiger partial charge in [0.1, 0.15) is 11.5 Å². The molecule has 21 heavy (non-hydrogen) atoms. The highest BCUT2D eigenvalue weighted by Crippen LogP contribution is 2.17. The highest BCUT2D eigenvalue weighted by Gasteiger charge is 2.00. The van der Waals surface area contributed by atoms with E-state index >= 15 is 0 Å². The smallest absolute Gasteiger partial charge is 0.118 e. The predicted molar refractivity (Wildman–Crippen MR) is 87.9 cm³/mol. The van der Waals surface area contributed by atoms with E-state index in [9.17, 15) is 0 Å². The lowest BCUT2D eigenvalue weighted by Crippen LogP contribution is -1.96. The maximum Gasteiger partial charge on any atom is 0.118 e. The first-order valence-electron chi connectivity index (χ1n) is 7.16. The van der Waals surface area contributed by atoms with Gasteiger partial charge in [-0.25, -0.2) is 0 Å². The SMILES string of the molecule is COc1ccc(/C=C/C(C)Cc2ccc(OC)cc2)cc1. The summed E-state index contributed by atoms with van der Waals surface area (Å²) in [5.41, 5.74) is 2.51. The van der Waals surface area contributed by atoms with E-state index in [4.69, 9.17) is 9.47 Å². The van der Waals surface area contributed by atoms with E-state index < -0.39 is 0 Å². The van der Waals surface area contributed by atoms with Crippen LogP contribution in [0.4, 0.5) is 0 Å². The van der Waals surface area contributed by atoms with Gasteiger partial charge < -0.3 is 9.47 Å². The van der Waals surface area contributed by atoms with Crippen molar-refractivity contribution in [3.05, 3.63) is 65.7 Å². The summed E-state index contributed by atoms with van der Waals surface area (Å²) in [5.74, 6) is 2.28. The minimum Gasteiger partial charge on any atom is -0.497 e. The average Bonchev–Trinajstić information content (AvgIpc) is 2.54. The Labute approximate surface area is 127 Å². The Balaban J connectivity index is 1.93. The van der Waals surface area contributed by atoms with Crippen LogP contribution < -0.4 is 9.47 Å². The van der Waals surface area contributed by atoms with Crippen molar-refractivity contribution in [1.29, 1.82) is 0 Å². The van der Waals surface area contributed by atoms with Crippen molar-refractivity contribution < 1.29 is 9.47 Å². The van der Waals surface area contributed by atoms with Gasteiger partial charge in [-0.3, -0.25) is 0 Å². The van der Waals surface area contributed by atoms with Crippen LogP contribution in [0.1, 0.15) is 18.1 Å². The van der Waals surface area contributed by atoms with Gasteiger partial charge in [-0.1, -0.05) is 43.3 Å². The fourth-order valence-corrected chi connectivity index (χ4v) is 2.19. The zero-order valence-electron chi connectivity index (χ0n) is 12.9. The van der Waals surface area contributed by atoms with Gasteiger partial charge in [0.15, 0.2) is 0 Å². The lowest BCUT2D eigenvalue weighted by Gasteiger charge is -2.07. The molecule has 2 aromatic carbocycles. The molecular formula is C19H22O2. The fourth-order valence-electron chi connectivity index (χ4n) is 2.19. The molecule has 0 saturated heterocycles. The summed E-state index contributed by atoms with van der Waals surface area (Å²) in [6.45, 7) is 2.23. The van der Waals surface area contributed by atoms with E-state index in [0.717, 1.165) is 17.9 Å². The fraction of sp³-hybridized carbons (Fsp3) is 0.263. The van der Waals surface area contributed by atoms with Crippen LogP contribution >= 0.6 is 0 Å². The van der Waals surface area contributed by atoms with Crippen LogP contribution in [0.5, 0.6) is 11.5 Å². The maximum absolute atomic E-state index is 5.17. The van der Waals surface area contributed by atoms with Gasteiger partial charge in [0.05, 0.1) is 14.2 Å². The second-order valence-corrected chi connectivity index (χ2v) is 5.16. The molecule has 0 N–H and O–H groups in total. The second-order valence-electron chi connectivity index (χ2n) is 5.16. The molecule has 0 bridgehead atoms. The topological polar surface area (TPSA) is 18.5 Å². The Hall–Kier alpha value is -2.22. The zero-order valence-corrected chi connectivity index (χ0v) is 12.9. The highest BCUT2D eigenvalue weighted by atomic mass is 16.5. The van der Waals surface area contributed by atoms with E-state index in [0.29, 0.717) is 5.92 Å². The molecular weight excluding hydrogens is 260 g/mol. The molecule has 0 aliphatic heterocycles. The zero-order chi connectivity index (χ0) is 15.1. The number of methoxy groups -OCH3 is 2. The number of hydrogen-bond acceptors (Lipinski definition) is 2. The summed E-state index contributed by atoms with van der Waals surface area (Å²) in [6, 6.07) is 16.4. The van der Waals surface area contributed by atoms with E-state index in [2.05, 4.69) is 43.3 Å². The van der Waals surface area contributed by atoms with Gasteiger partial charge >= 0.3 is 0 Å². The lowest BCUT2D eigenvalue weighted by molar-refractivity contribution is 0.414. The Kier molecular flexibility index (Phi) is 5.44. The first-order valence-corrected chi connectivity index (χ1v) is 7.16. The number of benzene rings is 2. The third-order valence-corrected chi connectivity index (χ3v) is 3.45. The van der Waals surface area contributed by atoms with Crippen molar-refractivity contribution >= 4 is 6.08 Å². The molecule has 2 rings (SSSR count). The van der Waals surface area contributed by atoms with E-state index in [-0.39, 0.29) is 0 Å². The summed E-state index contributed by atoms with van der Waals surface area (Å²) in [4.78, 5) is 0. The van der Waals surface area contributed by atoms with Crippen molar-refractivity contribution in [3.8, 4) is 11.5 Å². The summed E-state index contributed by atoms with van der Waals surface area (Å²) in [7, 11) is 3.37. The van der Waals surface area contributed by atoms with Crippen molar-refractivity contribution in [2.45, 2.75) is 13.3 Å². The maximum atomic E-state index is 5.17. The Morgan fingerprint density at radius 2 is 1.38 bits per heavy atom. The van der Waals surface area contributed by atoms with E-state index in [1.807, 2.05) is 24.3 Å². The van der Waals surface area contributed by atoms with Crippen molar-refractivity contribution in [1.82, 2.24) is 0 Å². The molecule has 2 nitrogen and oxygen atoms in total. The highest BCUT2D eigenvalue weighted by molar-refractivity contribution is 5.50. The minimum absolute atomic E-state index is 0.487. The summed E-state index contributed by atoms with van der Waals surface area (Å²) >= 11 is 0. The number of allylic oxidation sites excluding steroid dienone is 1. The summed E-state index contributed by atoms with van der Waals surface area (Å²) in [5, 5.41) is 0. The average molecular weight is 282 g/mol. The molecule has 0 amide bonds. The van der Waals surface area contributed by atoms with Crippen molar-refractivity contribution in [3.63, 3.8) is 0 Å². The van der Waals surface area contributed by atoms with Crippen LogP contribution in [0.25, 0.3) is 6.08 Å². The van der Waals surface area contributed by atoms with Gasteiger partial charge in [-0.2, -0.15) is 0 Å². The number of ether oxygens (including phenoxy) is 2. The predicted octanol–water partition coefficient (Wildman–Crippen LogP) is 4.60. The normalized spacial score (nSPS) is 12.3. The molecule has 0 aliphatic carbocycles. The third kappa shape index (κ3) is 4.67. The summed E-state index contributed by atoms with van der Waals surface area (Å²) in [6.07, 6.45) is 5.43. The van der Waals surface area contributed by atoms with E-state index in [1.165, 1.54) is 11.1 Å². The molecule has 0 aliphatic rings. The van der Waals surface area contributed by atoms with Crippen LogP contribution in [-0.2, 0) is 6.42 Å². The Morgan fingerprint density at radius 1 is 0.857 bits per heavy atom. The minimum atomic E-state index is 0.487. The molecule has 0 fully saturated rings. The molecule has 0 radical (unpaired) electrons. The van der Waals surface area contributed by atoms with Crippen LogP contribution in [0.2, 0.25) is 0 Å². The first kappa shape index (κ1) is 15.2. The molecule has 1 atom stereocenters. The molecule has 2 aromatic rings. The number of hydrogen-bond donors (Lipinski definition) is 0. The molecule has 0 aromatic heterocycles. The van der Waals surface area contributed by atoms with Crippen LogP contribution in [0, 0.1) is 5.92 Å². The van der Waals surface area contributed by atoms with Gasteiger partial charge in [-0.15, -0.1) is 0 Å². The number of rotatable bonds is 6. The molecule has 0 spiro atoms. The van der Waals surface area contributed by atoms with Gasteiger partial charge in [0.25, 0.3) is 0 Å². The molecule has 0 heterocycles. The first-order chi connectivity index (χ1) is 10.2. The standard InChI is InChI=1S/C19H22O2/c1-15(14-17-8-12-19(21-3)13-9-17)4-5-16-6-10-18(20-2)11-7-16/h4-13,15H,14H2,1-3H3/b5-4+. The Morgan fingerprint density at radius 3 is 1.90 bits per heavy atom. The second kappa shape index (κ2) is 7.53. The Bertz CT molecular complexity index is 568. The van der Waals surface area contributed by atoms with E-state index in [1.54, 1.807) is 14.2 Å². The lowest BCUT2D eigenvalue weighted by atomic mass is 10.00. The van der Waals surface area contributed by atoms with Gasteiger partial charge in [0, 0.05) is 0 Å². The van der Waals surface area contributed by atoms with Gasteiger partial charge in [-0.05, 0) is 47.7 Å². The largest absolute Gasteiger partial charge is 0.497 e. The van der Waals surface area contributed by atoms with Crippen LogP contribution in [0.15, 0.2) is 54.6 Å². The van der Waals surface area contributed by atoms with Crippen LogP contribution in [0.3, 0.4) is 0 Å². The molecule has 0 saturated carbocycles.